The number of hydrogen-bond acceptors (Lipinski definition) is 6. The Morgan fingerprint density at radius 3 is 2.48 bits per heavy atom. The molecule has 1 heterocycles. The molecular weight excluding hydrogens is 304 g/mol. The third-order valence-electron chi connectivity index (χ3n) is 3.54. The molecule has 0 aliphatic heterocycles. The van der Waals surface area contributed by atoms with Crippen molar-refractivity contribution in [3.63, 3.8) is 0 Å². The van der Waals surface area contributed by atoms with E-state index >= 15 is 0 Å². The number of carbonyl (C=O) groups is 2. The van der Waals surface area contributed by atoms with Crippen LogP contribution in [-0.4, -0.2) is 46.3 Å². The summed E-state index contributed by atoms with van der Waals surface area (Å²) in [5.74, 6) is -2.12. The lowest BCUT2D eigenvalue weighted by Gasteiger charge is -2.26. The zero-order chi connectivity index (χ0) is 17.2. The Morgan fingerprint density at radius 2 is 1.96 bits per heavy atom. The number of methoxy groups -OCH3 is 2. The van der Waals surface area contributed by atoms with Gasteiger partial charge >= 0.3 is 17.9 Å². The van der Waals surface area contributed by atoms with E-state index in [0.29, 0.717) is 11.1 Å². The molecule has 1 aliphatic rings. The van der Waals surface area contributed by atoms with Crippen LogP contribution in [0.25, 0.3) is 5.57 Å². The molecule has 8 heteroatoms. The Hall–Kier alpha value is -2.90. The third kappa shape index (κ3) is 3.15. The summed E-state index contributed by atoms with van der Waals surface area (Å²) in [6, 6.07) is 0.0884. The summed E-state index contributed by atoms with van der Waals surface area (Å²) in [5, 5.41) is 18.7. The standard InChI is InChI=1S/C15H16N2O6/c1-15(13(20)21)5-8(4-9(6-15)12(18)19)10-7-16-14(23-3)17-11(10)22-2/h4-5,7H,6H2,1-3H3,(H,18,19)(H,20,21). The first-order chi connectivity index (χ1) is 10.8. The second kappa shape index (κ2) is 6.07. The van der Waals surface area contributed by atoms with Crippen LogP contribution >= 0.6 is 0 Å². The maximum atomic E-state index is 11.5. The van der Waals surface area contributed by atoms with Crippen molar-refractivity contribution in [3.05, 3.63) is 29.5 Å². The summed E-state index contributed by atoms with van der Waals surface area (Å²) >= 11 is 0. The van der Waals surface area contributed by atoms with Gasteiger partial charge in [0, 0.05) is 11.8 Å². The summed E-state index contributed by atoms with van der Waals surface area (Å²) < 4.78 is 10.1. The smallest absolute Gasteiger partial charge is 0.331 e. The molecule has 0 saturated carbocycles. The van der Waals surface area contributed by atoms with Crippen LogP contribution in [0.2, 0.25) is 0 Å². The van der Waals surface area contributed by atoms with E-state index in [1.807, 2.05) is 0 Å². The highest BCUT2D eigenvalue weighted by Crippen LogP contribution is 2.39. The number of rotatable bonds is 5. The van der Waals surface area contributed by atoms with Crippen LogP contribution in [0.15, 0.2) is 23.9 Å². The fraction of sp³-hybridized carbons (Fsp3) is 0.333. The predicted octanol–water partition coefficient (Wildman–Crippen LogP) is 1.38. The average Bonchev–Trinajstić information content (AvgIpc) is 2.53. The molecule has 23 heavy (non-hydrogen) atoms. The molecule has 0 radical (unpaired) electrons. The SMILES string of the molecule is COc1ncc(C2=CC(C)(C(=O)O)CC(C(=O)O)=C2)c(OC)n1. The van der Waals surface area contributed by atoms with E-state index in [0.717, 1.165) is 0 Å². The second-order valence-corrected chi connectivity index (χ2v) is 5.25. The minimum atomic E-state index is -1.34. The molecule has 0 bridgehead atoms. The lowest BCUT2D eigenvalue weighted by atomic mass is 9.77. The van der Waals surface area contributed by atoms with E-state index in [9.17, 15) is 19.8 Å². The first-order valence-corrected chi connectivity index (χ1v) is 6.66. The lowest BCUT2D eigenvalue weighted by Crippen LogP contribution is -2.29. The maximum Gasteiger partial charge on any atom is 0.331 e. The van der Waals surface area contributed by atoms with Crippen molar-refractivity contribution in [1.29, 1.82) is 0 Å². The van der Waals surface area contributed by atoms with Gasteiger partial charge in [-0.2, -0.15) is 4.98 Å². The molecule has 0 spiro atoms. The van der Waals surface area contributed by atoms with E-state index in [1.54, 1.807) is 0 Å². The number of nitrogens with zero attached hydrogens (tertiary/aromatic N) is 2. The average molecular weight is 320 g/mol. The van der Waals surface area contributed by atoms with Gasteiger partial charge in [-0.05, 0) is 25.0 Å². The van der Waals surface area contributed by atoms with Crippen molar-refractivity contribution < 1.29 is 29.3 Å². The Morgan fingerprint density at radius 1 is 1.26 bits per heavy atom. The number of hydrogen-bond donors (Lipinski definition) is 2. The van der Waals surface area contributed by atoms with Crippen LogP contribution in [0.5, 0.6) is 11.9 Å². The van der Waals surface area contributed by atoms with Gasteiger partial charge in [-0.15, -0.1) is 0 Å². The molecule has 0 aromatic carbocycles. The van der Waals surface area contributed by atoms with Gasteiger partial charge in [-0.1, -0.05) is 6.08 Å². The van der Waals surface area contributed by atoms with Crippen LogP contribution < -0.4 is 9.47 Å². The molecule has 0 saturated heterocycles. The Kier molecular flexibility index (Phi) is 4.35. The van der Waals surface area contributed by atoms with Crippen LogP contribution in [0.4, 0.5) is 0 Å². The largest absolute Gasteiger partial charge is 0.481 e. The summed E-state index contributed by atoms with van der Waals surface area (Å²) in [5.41, 5.74) is -0.592. The first kappa shape index (κ1) is 16.5. The van der Waals surface area contributed by atoms with E-state index in [-0.39, 0.29) is 23.9 Å². The zero-order valence-electron chi connectivity index (χ0n) is 12.9. The van der Waals surface area contributed by atoms with Gasteiger partial charge in [-0.25, -0.2) is 9.78 Å². The predicted molar refractivity (Wildman–Crippen MR) is 79.2 cm³/mol. The molecule has 0 fully saturated rings. The monoisotopic (exact) mass is 320 g/mol. The highest BCUT2D eigenvalue weighted by atomic mass is 16.5. The van der Waals surface area contributed by atoms with E-state index < -0.39 is 17.4 Å². The Balaban J connectivity index is 2.61. The lowest BCUT2D eigenvalue weighted by molar-refractivity contribution is -0.145. The number of carboxylic acids is 2. The van der Waals surface area contributed by atoms with Crippen molar-refractivity contribution in [2.75, 3.05) is 14.2 Å². The molecule has 1 atom stereocenters. The summed E-state index contributed by atoms with van der Waals surface area (Å²) in [4.78, 5) is 30.8. The van der Waals surface area contributed by atoms with Gasteiger partial charge in [-0.3, -0.25) is 4.79 Å². The number of allylic oxidation sites excluding steroid dienone is 2. The minimum absolute atomic E-state index is 0.00901. The van der Waals surface area contributed by atoms with Crippen molar-refractivity contribution in [2.45, 2.75) is 13.3 Å². The Labute approximate surface area is 132 Å². The van der Waals surface area contributed by atoms with Gasteiger partial charge in [0.15, 0.2) is 0 Å². The van der Waals surface area contributed by atoms with Gasteiger partial charge in [0.05, 0.1) is 25.2 Å². The van der Waals surface area contributed by atoms with Gasteiger partial charge < -0.3 is 19.7 Å². The van der Waals surface area contributed by atoms with E-state index in [2.05, 4.69) is 9.97 Å². The maximum absolute atomic E-state index is 11.5. The summed E-state index contributed by atoms with van der Waals surface area (Å²) in [7, 11) is 2.80. The number of carboxylic acid groups (broad SMARTS) is 2. The molecule has 2 rings (SSSR count). The van der Waals surface area contributed by atoms with Crippen LogP contribution in [0.1, 0.15) is 18.9 Å². The number of ether oxygens (including phenoxy) is 2. The molecule has 122 valence electrons. The fourth-order valence-corrected chi connectivity index (χ4v) is 2.30. The van der Waals surface area contributed by atoms with Crippen LogP contribution in [0, 0.1) is 5.41 Å². The topological polar surface area (TPSA) is 119 Å². The molecule has 1 aromatic heterocycles. The van der Waals surface area contributed by atoms with Crippen molar-refractivity contribution in [1.82, 2.24) is 9.97 Å². The van der Waals surface area contributed by atoms with E-state index in [4.69, 9.17) is 9.47 Å². The first-order valence-electron chi connectivity index (χ1n) is 6.66. The molecule has 1 aliphatic carbocycles. The van der Waals surface area contributed by atoms with Crippen LogP contribution in [0.3, 0.4) is 0 Å². The van der Waals surface area contributed by atoms with Gasteiger partial charge in [0.2, 0.25) is 5.88 Å². The molecular formula is C15H16N2O6. The normalized spacial score (nSPS) is 20.3. The molecule has 2 N–H and O–H groups in total. The molecule has 0 amide bonds. The molecule has 1 aromatic rings. The van der Waals surface area contributed by atoms with Crippen LogP contribution in [-0.2, 0) is 9.59 Å². The number of aliphatic carboxylic acids is 2. The summed E-state index contributed by atoms with van der Waals surface area (Å²) in [6.45, 7) is 1.46. The highest BCUT2D eigenvalue weighted by molar-refractivity contribution is 5.96. The molecule has 8 nitrogen and oxygen atoms in total. The zero-order valence-corrected chi connectivity index (χ0v) is 12.9. The Bertz CT molecular complexity index is 725. The quantitative estimate of drug-likeness (QED) is 0.835. The summed E-state index contributed by atoms with van der Waals surface area (Å²) in [6.07, 6.45) is 4.18. The number of aromatic nitrogens is 2. The fourth-order valence-electron chi connectivity index (χ4n) is 2.30. The van der Waals surface area contributed by atoms with Gasteiger partial charge in [0.1, 0.15) is 0 Å². The highest BCUT2D eigenvalue weighted by Gasteiger charge is 2.37. The van der Waals surface area contributed by atoms with Crippen molar-refractivity contribution in [2.24, 2.45) is 5.41 Å². The van der Waals surface area contributed by atoms with Crippen molar-refractivity contribution in [3.8, 4) is 11.9 Å². The van der Waals surface area contributed by atoms with Crippen molar-refractivity contribution >= 4 is 17.5 Å². The third-order valence-corrected chi connectivity index (χ3v) is 3.54. The van der Waals surface area contributed by atoms with Gasteiger partial charge in [0.25, 0.3) is 0 Å². The molecule has 1 unspecified atom stereocenters. The second-order valence-electron chi connectivity index (χ2n) is 5.25. The van der Waals surface area contributed by atoms with E-state index in [1.165, 1.54) is 39.5 Å². The minimum Gasteiger partial charge on any atom is -0.481 e.